The van der Waals surface area contributed by atoms with E-state index in [9.17, 15) is 9.90 Å². The molecule has 0 spiro atoms. The van der Waals surface area contributed by atoms with Gasteiger partial charge in [0.25, 0.3) is 0 Å². The minimum absolute atomic E-state index is 0.176. The fraction of sp³-hybridized carbons (Fsp3) is 0.529. The third-order valence-corrected chi connectivity index (χ3v) is 3.82. The summed E-state index contributed by atoms with van der Waals surface area (Å²) in [6.07, 6.45) is 0.341. The molecule has 3 N–H and O–H groups in total. The summed E-state index contributed by atoms with van der Waals surface area (Å²) < 4.78 is 2.10. The Balaban J connectivity index is 1.78. The van der Waals surface area contributed by atoms with Gasteiger partial charge in [0.1, 0.15) is 5.82 Å². The molecule has 2 amide bonds. The second kappa shape index (κ2) is 7.97. The molecule has 0 aliphatic heterocycles. The Morgan fingerprint density at radius 2 is 2.04 bits per heavy atom. The van der Waals surface area contributed by atoms with E-state index in [1.54, 1.807) is 6.92 Å². The van der Waals surface area contributed by atoms with Gasteiger partial charge in [0, 0.05) is 19.6 Å². The zero-order chi connectivity index (χ0) is 16.8. The Kier molecular flexibility index (Phi) is 5.98. The van der Waals surface area contributed by atoms with Crippen molar-refractivity contribution in [2.75, 3.05) is 13.1 Å². The Bertz CT molecular complexity index is 651. The van der Waals surface area contributed by atoms with E-state index in [2.05, 4.69) is 20.2 Å². The number of aromatic nitrogens is 2. The summed E-state index contributed by atoms with van der Waals surface area (Å²) in [7, 11) is 0. The first kappa shape index (κ1) is 17.3. The quantitative estimate of drug-likeness (QED) is 0.731. The molecule has 6 nitrogen and oxygen atoms in total. The zero-order valence-electron chi connectivity index (χ0n) is 14.0. The first-order chi connectivity index (χ1) is 11.0. The highest BCUT2D eigenvalue weighted by atomic mass is 16.3. The van der Waals surface area contributed by atoms with Crippen molar-refractivity contribution >= 4 is 17.1 Å². The van der Waals surface area contributed by atoms with Crippen LogP contribution in [-0.2, 0) is 6.54 Å². The number of hydrogen-bond acceptors (Lipinski definition) is 3. The van der Waals surface area contributed by atoms with Gasteiger partial charge in [-0.15, -0.1) is 0 Å². The molecular weight excluding hydrogens is 292 g/mol. The van der Waals surface area contributed by atoms with E-state index in [1.165, 1.54) is 0 Å². The minimum atomic E-state index is -0.340. The van der Waals surface area contributed by atoms with Gasteiger partial charge in [-0.05, 0) is 38.3 Å². The number of urea groups is 1. The van der Waals surface area contributed by atoms with Gasteiger partial charge in [-0.25, -0.2) is 9.78 Å². The van der Waals surface area contributed by atoms with Crippen molar-refractivity contribution in [1.82, 2.24) is 20.2 Å². The summed E-state index contributed by atoms with van der Waals surface area (Å²) >= 11 is 0. The molecule has 2 rings (SSSR count). The van der Waals surface area contributed by atoms with E-state index >= 15 is 0 Å². The van der Waals surface area contributed by atoms with E-state index in [-0.39, 0.29) is 18.1 Å². The smallest absolute Gasteiger partial charge is 0.314 e. The van der Waals surface area contributed by atoms with Gasteiger partial charge in [-0.1, -0.05) is 19.1 Å². The lowest BCUT2D eigenvalue weighted by atomic mass is 10.1. The van der Waals surface area contributed by atoms with Crippen molar-refractivity contribution in [3.05, 3.63) is 30.1 Å². The number of amides is 2. The first-order valence-corrected chi connectivity index (χ1v) is 8.09. The Hall–Kier alpha value is -2.08. The fourth-order valence-electron chi connectivity index (χ4n) is 2.75. The lowest BCUT2D eigenvalue weighted by Crippen LogP contribution is -2.39. The number of rotatable bonds is 7. The van der Waals surface area contributed by atoms with Crippen LogP contribution in [0.25, 0.3) is 11.0 Å². The molecule has 2 aromatic rings. The summed E-state index contributed by atoms with van der Waals surface area (Å²) in [5, 5.41) is 15.0. The molecule has 1 aromatic heterocycles. The number of nitrogens with zero attached hydrogens (tertiary/aromatic N) is 2. The average Bonchev–Trinajstić information content (AvgIpc) is 2.80. The van der Waals surface area contributed by atoms with Crippen molar-refractivity contribution in [2.24, 2.45) is 5.92 Å². The molecule has 0 saturated heterocycles. The highest BCUT2D eigenvalue weighted by molar-refractivity contribution is 5.76. The van der Waals surface area contributed by atoms with Crippen LogP contribution in [0.5, 0.6) is 0 Å². The number of aryl methyl sites for hydroxylation is 1. The molecule has 2 atom stereocenters. The van der Waals surface area contributed by atoms with Crippen molar-refractivity contribution in [1.29, 1.82) is 0 Å². The summed E-state index contributed by atoms with van der Waals surface area (Å²) in [6.45, 7) is 7.52. The van der Waals surface area contributed by atoms with Crippen LogP contribution in [0.1, 0.15) is 26.1 Å². The SMILES string of the molecule is Cc1nc2ccccc2n1CCNC(=O)NCC(C)CC(C)O. The molecule has 0 saturated carbocycles. The van der Waals surface area contributed by atoms with Crippen molar-refractivity contribution in [3.63, 3.8) is 0 Å². The predicted octanol–water partition coefficient (Wildman–Crippen LogP) is 2.05. The van der Waals surface area contributed by atoms with Crippen molar-refractivity contribution < 1.29 is 9.90 Å². The molecule has 0 radical (unpaired) electrons. The number of aliphatic hydroxyl groups is 1. The number of aliphatic hydroxyl groups excluding tert-OH is 1. The van der Waals surface area contributed by atoms with Crippen LogP contribution in [0.2, 0.25) is 0 Å². The molecule has 0 aliphatic carbocycles. The molecule has 1 aromatic carbocycles. The number of fused-ring (bicyclic) bond motifs is 1. The normalized spacial score (nSPS) is 13.7. The Morgan fingerprint density at radius 1 is 1.30 bits per heavy atom. The molecule has 0 aliphatic rings. The topological polar surface area (TPSA) is 79.2 Å². The molecule has 126 valence electrons. The highest BCUT2D eigenvalue weighted by Gasteiger charge is 2.09. The number of para-hydroxylation sites is 2. The molecular formula is C17H26N4O2. The molecule has 1 heterocycles. The Labute approximate surface area is 136 Å². The van der Waals surface area contributed by atoms with Gasteiger partial charge in [-0.3, -0.25) is 0 Å². The maximum absolute atomic E-state index is 11.8. The number of benzene rings is 1. The Morgan fingerprint density at radius 3 is 2.78 bits per heavy atom. The maximum Gasteiger partial charge on any atom is 0.314 e. The van der Waals surface area contributed by atoms with Gasteiger partial charge < -0.3 is 20.3 Å². The summed E-state index contributed by atoms with van der Waals surface area (Å²) in [6, 6.07) is 7.81. The van der Waals surface area contributed by atoms with Gasteiger partial charge in [0.15, 0.2) is 0 Å². The van der Waals surface area contributed by atoms with Gasteiger partial charge >= 0.3 is 6.03 Å². The lowest BCUT2D eigenvalue weighted by Gasteiger charge is -2.15. The molecule has 23 heavy (non-hydrogen) atoms. The number of nitrogens with one attached hydrogen (secondary N) is 2. The standard InChI is InChI=1S/C17H26N4O2/c1-12(10-13(2)22)11-19-17(23)18-8-9-21-14(3)20-15-6-4-5-7-16(15)21/h4-7,12-13,22H,8-11H2,1-3H3,(H2,18,19,23). The average molecular weight is 318 g/mol. The van der Waals surface area contributed by atoms with Crippen molar-refractivity contribution in [3.8, 4) is 0 Å². The lowest BCUT2D eigenvalue weighted by molar-refractivity contribution is 0.163. The van der Waals surface area contributed by atoms with Gasteiger partial charge in [-0.2, -0.15) is 0 Å². The third-order valence-electron chi connectivity index (χ3n) is 3.82. The van der Waals surface area contributed by atoms with Crippen LogP contribution in [0.3, 0.4) is 0 Å². The summed E-state index contributed by atoms with van der Waals surface area (Å²) in [5.41, 5.74) is 2.05. The van der Waals surface area contributed by atoms with Crippen LogP contribution >= 0.6 is 0 Å². The molecule has 0 fully saturated rings. The van der Waals surface area contributed by atoms with E-state index < -0.39 is 0 Å². The van der Waals surface area contributed by atoms with E-state index in [4.69, 9.17) is 0 Å². The number of carbonyl (C=O) groups is 1. The van der Waals surface area contributed by atoms with E-state index in [0.717, 1.165) is 16.9 Å². The van der Waals surface area contributed by atoms with Crippen LogP contribution < -0.4 is 10.6 Å². The zero-order valence-corrected chi connectivity index (χ0v) is 14.0. The fourth-order valence-corrected chi connectivity index (χ4v) is 2.75. The van der Waals surface area contributed by atoms with Crippen LogP contribution in [-0.4, -0.2) is 39.9 Å². The van der Waals surface area contributed by atoms with E-state index in [0.29, 0.717) is 26.1 Å². The van der Waals surface area contributed by atoms with Crippen molar-refractivity contribution in [2.45, 2.75) is 39.8 Å². The van der Waals surface area contributed by atoms with E-state index in [1.807, 2.05) is 38.1 Å². The van der Waals surface area contributed by atoms with Gasteiger partial charge in [0.05, 0.1) is 17.1 Å². The minimum Gasteiger partial charge on any atom is -0.393 e. The van der Waals surface area contributed by atoms with Crippen LogP contribution in [0, 0.1) is 12.8 Å². The number of hydrogen-bond donors (Lipinski definition) is 3. The predicted molar refractivity (Wildman–Crippen MR) is 91.3 cm³/mol. The molecule has 6 heteroatoms. The number of imidazole rings is 1. The summed E-state index contributed by atoms with van der Waals surface area (Å²) in [4.78, 5) is 16.3. The molecule has 2 unspecified atom stereocenters. The highest BCUT2D eigenvalue weighted by Crippen LogP contribution is 2.14. The monoisotopic (exact) mass is 318 g/mol. The van der Waals surface area contributed by atoms with Crippen LogP contribution in [0.15, 0.2) is 24.3 Å². The second-order valence-corrected chi connectivity index (χ2v) is 6.13. The third kappa shape index (κ3) is 4.96. The largest absolute Gasteiger partial charge is 0.393 e. The number of carbonyl (C=O) groups excluding carboxylic acids is 1. The first-order valence-electron chi connectivity index (χ1n) is 8.09. The second-order valence-electron chi connectivity index (χ2n) is 6.13. The van der Waals surface area contributed by atoms with Gasteiger partial charge in [0.2, 0.25) is 0 Å². The van der Waals surface area contributed by atoms with Crippen LogP contribution in [0.4, 0.5) is 4.79 Å². The molecule has 0 bridgehead atoms. The maximum atomic E-state index is 11.8. The summed E-state index contributed by atoms with van der Waals surface area (Å²) in [5.74, 6) is 1.19.